The van der Waals surface area contributed by atoms with Crippen LogP contribution in [0.2, 0.25) is 0 Å². The average Bonchev–Trinajstić information content (AvgIpc) is 2.73. The van der Waals surface area contributed by atoms with Crippen molar-refractivity contribution in [3.63, 3.8) is 0 Å². The third-order valence-corrected chi connectivity index (χ3v) is 3.55. The van der Waals surface area contributed by atoms with E-state index in [1.54, 1.807) is 5.32 Å². The molecule has 96 valence electrons. The minimum atomic E-state index is -0.942. The van der Waals surface area contributed by atoms with E-state index in [1.165, 1.54) is 0 Å². The lowest BCUT2D eigenvalue weighted by Gasteiger charge is -2.17. The van der Waals surface area contributed by atoms with E-state index in [0.717, 1.165) is 5.56 Å². The molecule has 0 radical (unpaired) electrons. The first kappa shape index (κ1) is 12.6. The number of benzene rings is 1. The van der Waals surface area contributed by atoms with Crippen LogP contribution in [0.1, 0.15) is 17.9 Å². The zero-order chi connectivity index (χ0) is 13.1. The molecule has 0 saturated carbocycles. The zero-order valence-corrected chi connectivity index (χ0v) is 9.82. The van der Waals surface area contributed by atoms with E-state index in [0.29, 0.717) is 6.54 Å². The van der Waals surface area contributed by atoms with Crippen molar-refractivity contribution in [2.45, 2.75) is 18.4 Å². The summed E-state index contributed by atoms with van der Waals surface area (Å²) >= 11 is 0. The largest absolute Gasteiger partial charge is 0.481 e. The van der Waals surface area contributed by atoms with E-state index < -0.39 is 18.0 Å². The molecule has 0 spiro atoms. The topological polar surface area (TPSA) is 91.2 Å². The van der Waals surface area contributed by atoms with Crippen molar-refractivity contribution in [1.82, 2.24) is 0 Å². The number of quaternary nitrogens is 1. The third kappa shape index (κ3) is 2.51. The van der Waals surface area contributed by atoms with Crippen LogP contribution < -0.4 is 5.32 Å². The molecule has 2 rings (SSSR count). The fourth-order valence-corrected chi connectivity index (χ4v) is 2.73. The van der Waals surface area contributed by atoms with E-state index >= 15 is 0 Å². The molecule has 1 aromatic carbocycles. The summed E-state index contributed by atoms with van der Waals surface area (Å²) in [5.74, 6) is -2.24. The lowest BCUT2D eigenvalue weighted by Crippen LogP contribution is -2.89. The summed E-state index contributed by atoms with van der Waals surface area (Å²) in [6.07, 6.45) is -0.104. The molecule has 5 heteroatoms. The van der Waals surface area contributed by atoms with Crippen LogP contribution in [-0.2, 0) is 9.59 Å². The lowest BCUT2D eigenvalue weighted by molar-refractivity contribution is -0.662. The summed E-state index contributed by atoms with van der Waals surface area (Å²) < 4.78 is 0. The molecule has 4 N–H and O–H groups in total. The van der Waals surface area contributed by atoms with Gasteiger partial charge in [0.2, 0.25) is 0 Å². The molecule has 18 heavy (non-hydrogen) atoms. The number of carboxylic acid groups (broad SMARTS) is 2. The molecule has 1 aliphatic rings. The van der Waals surface area contributed by atoms with E-state index in [4.69, 9.17) is 10.2 Å². The van der Waals surface area contributed by atoms with Gasteiger partial charge in [-0.05, 0) is 5.56 Å². The van der Waals surface area contributed by atoms with Gasteiger partial charge in [-0.1, -0.05) is 30.3 Å². The molecule has 1 heterocycles. The molecule has 0 amide bonds. The summed E-state index contributed by atoms with van der Waals surface area (Å²) in [5, 5.41) is 19.8. The Balaban J connectivity index is 2.24. The van der Waals surface area contributed by atoms with Crippen molar-refractivity contribution >= 4 is 11.9 Å². The van der Waals surface area contributed by atoms with Crippen LogP contribution in [0.15, 0.2) is 30.3 Å². The average molecular weight is 250 g/mol. The summed E-state index contributed by atoms with van der Waals surface area (Å²) in [6, 6.07) is 8.87. The van der Waals surface area contributed by atoms with Gasteiger partial charge >= 0.3 is 11.9 Å². The second-order valence-corrected chi connectivity index (χ2v) is 4.61. The Morgan fingerprint density at radius 2 is 1.89 bits per heavy atom. The Morgan fingerprint density at radius 1 is 1.22 bits per heavy atom. The maximum absolute atomic E-state index is 11.1. The molecule has 0 aliphatic carbocycles. The first-order valence-electron chi connectivity index (χ1n) is 5.92. The second kappa shape index (κ2) is 5.18. The molecular formula is C13H16NO4+. The maximum Gasteiger partial charge on any atom is 0.362 e. The van der Waals surface area contributed by atoms with Gasteiger partial charge in [0.1, 0.15) is 0 Å². The van der Waals surface area contributed by atoms with Crippen molar-refractivity contribution in [3.05, 3.63) is 35.9 Å². The molecule has 3 atom stereocenters. The van der Waals surface area contributed by atoms with Crippen LogP contribution in [0, 0.1) is 5.92 Å². The van der Waals surface area contributed by atoms with E-state index in [9.17, 15) is 9.59 Å². The SMILES string of the molecule is O=C(O)C[C@@H]1[C@@H](C(=O)O)[NH2+]C[C@H]1c1ccccc1. The molecule has 1 fully saturated rings. The monoisotopic (exact) mass is 250 g/mol. The van der Waals surface area contributed by atoms with Crippen LogP contribution in [-0.4, -0.2) is 34.7 Å². The molecule has 0 unspecified atom stereocenters. The molecule has 0 bridgehead atoms. The predicted octanol–water partition coefficient (Wildman–Crippen LogP) is -0.109. The van der Waals surface area contributed by atoms with Crippen LogP contribution in [0.3, 0.4) is 0 Å². The molecule has 1 aliphatic heterocycles. The maximum atomic E-state index is 11.1. The molecular weight excluding hydrogens is 234 g/mol. The first-order chi connectivity index (χ1) is 8.59. The number of carbonyl (C=O) groups is 2. The quantitative estimate of drug-likeness (QED) is 0.695. The van der Waals surface area contributed by atoms with Crippen LogP contribution in [0.5, 0.6) is 0 Å². The minimum absolute atomic E-state index is 0.0107. The highest BCUT2D eigenvalue weighted by molar-refractivity contribution is 5.75. The summed E-state index contributed by atoms with van der Waals surface area (Å²) in [6.45, 7) is 0.624. The highest BCUT2D eigenvalue weighted by Crippen LogP contribution is 2.31. The number of carboxylic acids is 2. The third-order valence-electron chi connectivity index (χ3n) is 3.55. The molecule has 5 nitrogen and oxygen atoms in total. The Kier molecular flexibility index (Phi) is 3.62. The van der Waals surface area contributed by atoms with Gasteiger partial charge in [0.15, 0.2) is 6.04 Å². The Bertz CT molecular complexity index is 446. The Hall–Kier alpha value is -1.88. The minimum Gasteiger partial charge on any atom is -0.481 e. The first-order valence-corrected chi connectivity index (χ1v) is 5.92. The van der Waals surface area contributed by atoms with Gasteiger partial charge in [0, 0.05) is 11.8 Å². The Labute approximate surface area is 104 Å². The number of aliphatic carboxylic acids is 2. The van der Waals surface area contributed by atoms with Gasteiger partial charge in [-0.25, -0.2) is 4.79 Å². The van der Waals surface area contributed by atoms with Crippen LogP contribution >= 0.6 is 0 Å². The number of rotatable bonds is 4. The van der Waals surface area contributed by atoms with Gasteiger partial charge in [0.25, 0.3) is 0 Å². The highest BCUT2D eigenvalue weighted by atomic mass is 16.4. The van der Waals surface area contributed by atoms with Crippen molar-refractivity contribution in [2.75, 3.05) is 6.54 Å². The predicted molar refractivity (Wildman–Crippen MR) is 63.1 cm³/mol. The molecule has 0 aromatic heterocycles. The van der Waals surface area contributed by atoms with Crippen LogP contribution in [0.4, 0.5) is 0 Å². The summed E-state index contributed by atoms with van der Waals surface area (Å²) in [4.78, 5) is 22.0. The number of hydrogen-bond acceptors (Lipinski definition) is 2. The van der Waals surface area contributed by atoms with Gasteiger partial charge in [0.05, 0.1) is 13.0 Å². The fourth-order valence-electron chi connectivity index (χ4n) is 2.73. The summed E-state index contributed by atoms with van der Waals surface area (Å²) in [7, 11) is 0. The van der Waals surface area contributed by atoms with Crippen molar-refractivity contribution in [2.24, 2.45) is 5.92 Å². The standard InChI is InChI=1S/C13H15NO4/c15-11(16)6-9-10(7-14-12(9)13(17)18)8-4-2-1-3-5-8/h1-5,9-10,12,14H,6-7H2,(H,15,16)(H,17,18)/p+1/t9-,10-,12-/m0/s1. The van der Waals surface area contributed by atoms with E-state index in [2.05, 4.69) is 0 Å². The zero-order valence-electron chi connectivity index (χ0n) is 9.82. The molecule has 1 saturated heterocycles. The second-order valence-electron chi connectivity index (χ2n) is 4.61. The molecule has 1 aromatic rings. The highest BCUT2D eigenvalue weighted by Gasteiger charge is 2.45. The van der Waals surface area contributed by atoms with Crippen molar-refractivity contribution in [1.29, 1.82) is 0 Å². The fraction of sp³-hybridized carbons (Fsp3) is 0.385. The Morgan fingerprint density at radius 3 is 2.44 bits per heavy atom. The van der Waals surface area contributed by atoms with Gasteiger partial charge in [-0.3, -0.25) is 4.79 Å². The van der Waals surface area contributed by atoms with Crippen molar-refractivity contribution < 1.29 is 25.1 Å². The summed E-state index contributed by atoms with van der Waals surface area (Å²) in [5.41, 5.74) is 1.02. The van der Waals surface area contributed by atoms with E-state index in [-0.39, 0.29) is 18.3 Å². The number of hydrogen-bond donors (Lipinski definition) is 3. The van der Waals surface area contributed by atoms with Gasteiger partial charge < -0.3 is 15.5 Å². The van der Waals surface area contributed by atoms with E-state index in [1.807, 2.05) is 30.3 Å². The van der Waals surface area contributed by atoms with Crippen LogP contribution in [0.25, 0.3) is 0 Å². The lowest BCUT2D eigenvalue weighted by atomic mass is 9.83. The van der Waals surface area contributed by atoms with Gasteiger partial charge in [-0.2, -0.15) is 0 Å². The smallest absolute Gasteiger partial charge is 0.362 e. The number of nitrogens with two attached hydrogens (primary N) is 1. The van der Waals surface area contributed by atoms with Crippen molar-refractivity contribution in [3.8, 4) is 0 Å². The normalized spacial score (nSPS) is 27.0. The van der Waals surface area contributed by atoms with Gasteiger partial charge in [-0.15, -0.1) is 0 Å².